The number of carbonyl (C=O) groups excluding carboxylic acids is 1. The summed E-state index contributed by atoms with van der Waals surface area (Å²) in [5.74, 6) is 1.01. The summed E-state index contributed by atoms with van der Waals surface area (Å²) in [5.41, 5.74) is 2.08. The van der Waals surface area contributed by atoms with Crippen LogP contribution in [0.4, 0.5) is 25.3 Å². The Hall–Kier alpha value is -4.32. The largest absolute Gasteiger partial charge is 0.378 e. The Labute approximate surface area is 242 Å². The maximum absolute atomic E-state index is 14.1. The van der Waals surface area contributed by atoms with E-state index in [4.69, 9.17) is 14.7 Å². The van der Waals surface area contributed by atoms with Crippen molar-refractivity contribution in [2.24, 2.45) is 0 Å². The molecule has 2 aromatic heterocycles. The van der Waals surface area contributed by atoms with Crippen molar-refractivity contribution in [2.75, 3.05) is 36.5 Å². The first-order valence-corrected chi connectivity index (χ1v) is 14.4. The second kappa shape index (κ2) is 12.7. The molecule has 1 saturated heterocycles. The highest BCUT2D eigenvalue weighted by Gasteiger charge is 2.26. The van der Waals surface area contributed by atoms with Gasteiger partial charge in [0.2, 0.25) is 5.95 Å². The van der Waals surface area contributed by atoms with Gasteiger partial charge in [-0.1, -0.05) is 42.5 Å². The number of benzene rings is 2. The third-order valence-corrected chi connectivity index (χ3v) is 7.74. The first kappa shape index (κ1) is 27.8. The fourth-order valence-electron chi connectivity index (χ4n) is 5.57. The lowest BCUT2D eigenvalue weighted by Gasteiger charge is -2.31. The van der Waals surface area contributed by atoms with Crippen molar-refractivity contribution in [2.45, 2.75) is 50.7 Å². The van der Waals surface area contributed by atoms with E-state index in [0.29, 0.717) is 61.5 Å². The molecule has 6 rings (SSSR count). The lowest BCUT2D eigenvalue weighted by molar-refractivity contribution is 0.122. The summed E-state index contributed by atoms with van der Waals surface area (Å²) in [6, 6.07) is 18.6. The number of rotatable bonds is 8. The van der Waals surface area contributed by atoms with Crippen molar-refractivity contribution in [3.63, 3.8) is 0 Å². The summed E-state index contributed by atoms with van der Waals surface area (Å²) >= 11 is 0. The van der Waals surface area contributed by atoms with Crippen LogP contribution in [0, 0.1) is 0 Å². The zero-order valence-corrected chi connectivity index (χ0v) is 23.2. The number of para-hydroxylation sites is 2. The van der Waals surface area contributed by atoms with Crippen molar-refractivity contribution in [3.8, 4) is 5.82 Å². The van der Waals surface area contributed by atoms with Gasteiger partial charge in [-0.2, -0.15) is 9.97 Å². The Balaban J connectivity index is 1.17. The second-order valence-electron chi connectivity index (χ2n) is 10.6. The van der Waals surface area contributed by atoms with Crippen molar-refractivity contribution >= 4 is 28.8 Å². The van der Waals surface area contributed by atoms with E-state index in [2.05, 4.69) is 25.8 Å². The van der Waals surface area contributed by atoms with E-state index in [0.717, 1.165) is 31.2 Å². The maximum Gasteiger partial charge on any atom is 0.315 e. The summed E-state index contributed by atoms with van der Waals surface area (Å²) in [4.78, 5) is 28.2. The number of nitrogens with one attached hydrogen (secondary N) is 3. The van der Waals surface area contributed by atoms with Crippen LogP contribution in [-0.4, -0.2) is 63.9 Å². The van der Waals surface area contributed by atoms with Crippen LogP contribution in [0.3, 0.4) is 0 Å². The summed E-state index contributed by atoms with van der Waals surface area (Å²) < 4.78 is 35.2. The van der Waals surface area contributed by atoms with Gasteiger partial charge in [-0.3, -0.25) is 4.57 Å². The van der Waals surface area contributed by atoms with Crippen LogP contribution < -0.4 is 20.9 Å². The molecule has 0 bridgehead atoms. The number of imidazole rings is 1. The van der Waals surface area contributed by atoms with Crippen LogP contribution in [0.25, 0.3) is 16.9 Å². The molecule has 42 heavy (non-hydrogen) atoms. The lowest BCUT2D eigenvalue weighted by atomic mass is 9.91. The Kier molecular flexibility index (Phi) is 8.40. The topological polar surface area (TPSA) is 109 Å². The first-order valence-electron chi connectivity index (χ1n) is 14.4. The zero-order chi connectivity index (χ0) is 28.9. The van der Waals surface area contributed by atoms with Gasteiger partial charge in [-0.05, 0) is 43.4 Å². The number of ether oxygens (including phenoxy) is 1. The smallest absolute Gasteiger partial charge is 0.315 e. The van der Waals surface area contributed by atoms with E-state index in [1.165, 1.54) is 4.57 Å². The van der Waals surface area contributed by atoms with E-state index >= 15 is 0 Å². The molecule has 220 valence electrons. The van der Waals surface area contributed by atoms with E-state index in [-0.39, 0.29) is 23.9 Å². The van der Waals surface area contributed by atoms with Gasteiger partial charge in [0.05, 0.1) is 24.2 Å². The monoisotopic (exact) mass is 576 g/mol. The highest BCUT2D eigenvalue weighted by molar-refractivity contribution is 5.78. The number of carbonyl (C=O) groups is 1. The molecule has 4 aromatic rings. The van der Waals surface area contributed by atoms with Crippen LogP contribution in [0.5, 0.6) is 0 Å². The van der Waals surface area contributed by atoms with E-state index in [9.17, 15) is 13.6 Å². The predicted molar refractivity (Wildman–Crippen MR) is 156 cm³/mol. The molecule has 1 saturated carbocycles. The summed E-state index contributed by atoms with van der Waals surface area (Å²) in [5, 5.41) is 9.45. The average molecular weight is 577 g/mol. The van der Waals surface area contributed by atoms with Crippen LogP contribution in [0.1, 0.15) is 43.5 Å². The number of fused-ring (bicyclic) bond motifs is 1. The van der Waals surface area contributed by atoms with Gasteiger partial charge in [0.15, 0.2) is 5.82 Å². The number of alkyl halides is 2. The molecule has 1 aliphatic carbocycles. The number of hydrogen-bond acceptors (Lipinski definition) is 7. The third kappa shape index (κ3) is 6.43. The molecule has 0 radical (unpaired) electrons. The van der Waals surface area contributed by atoms with E-state index < -0.39 is 6.43 Å². The number of urea groups is 1. The van der Waals surface area contributed by atoms with Gasteiger partial charge >= 0.3 is 6.03 Å². The number of aromatic nitrogens is 4. The zero-order valence-electron chi connectivity index (χ0n) is 23.2. The quantitative estimate of drug-likeness (QED) is 0.276. The molecule has 12 heteroatoms. The van der Waals surface area contributed by atoms with Gasteiger partial charge in [-0.25, -0.2) is 18.6 Å². The van der Waals surface area contributed by atoms with Gasteiger partial charge in [-0.15, -0.1) is 0 Å². The number of amides is 2. The minimum absolute atomic E-state index is 0.0703. The molecule has 0 atom stereocenters. The Morgan fingerprint density at radius 2 is 1.60 bits per heavy atom. The van der Waals surface area contributed by atoms with Crippen LogP contribution in [0.2, 0.25) is 0 Å². The highest BCUT2D eigenvalue weighted by Crippen LogP contribution is 2.30. The van der Waals surface area contributed by atoms with Crippen LogP contribution in [-0.2, 0) is 11.3 Å². The highest BCUT2D eigenvalue weighted by atomic mass is 19.3. The van der Waals surface area contributed by atoms with Crippen molar-refractivity contribution in [1.29, 1.82) is 0 Å². The van der Waals surface area contributed by atoms with Crippen LogP contribution in [0.15, 0.2) is 60.7 Å². The Morgan fingerprint density at radius 1 is 0.905 bits per heavy atom. The standard InChI is InChI=1S/C30H34F2N8O2/c31-27(32)28-36-23-8-4-5-9-24(23)40(28)26-18-25(39-14-16-42-17-15-39)37-29(38-26)34-21-10-12-22(13-11-21)35-30(41)33-19-20-6-2-1-3-7-20/h1-9,18,21-22,27H,10-17,19H2,(H2,33,35,41)(H,34,37,38)/t21-,22-. The molecule has 3 N–H and O–H groups in total. The molecule has 2 aliphatic rings. The number of nitrogens with zero attached hydrogens (tertiary/aromatic N) is 5. The molecule has 3 heterocycles. The SMILES string of the molecule is O=C(NCc1ccccc1)N[C@H]1CC[C@H](Nc2nc(N3CCOCC3)cc(-n3c(C(F)F)nc4ccccc43)n2)CC1. The molecule has 2 amide bonds. The number of anilines is 2. The van der Waals surface area contributed by atoms with Crippen molar-refractivity contribution < 1.29 is 18.3 Å². The van der Waals surface area contributed by atoms with E-state index in [1.807, 2.05) is 30.3 Å². The minimum atomic E-state index is -2.77. The third-order valence-electron chi connectivity index (χ3n) is 7.74. The van der Waals surface area contributed by atoms with Crippen molar-refractivity contribution in [3.05, 3.63) is 72.1 Å². The number of halogens is 2. The Bertz CT molecular complexity index is 1500. The number of hydrogen-bond donors (Lipinski definition) is 3. The fraction of sp³-hybridized carbons (Fsp3) is 0.400. The van der Waals surface area contributed by atoms with Crippen molar-refractivity contribution in [1.82, 2.24) is 30.2 Å². The summed E-state index contributed by atoms with van der Waals surface area (Å²) in [6.07, 6.45) is 0.437. The molecule has 2 fully saturated rings. The molecule has 10 nitrogen and oxygen atoms in total. The molecular formula is C30H34F2N8O2. The van der Waals surface area contributed by atoms with Gasteiger partial charge in [0.25, 0.3) is 6.43 Å². The fourth-order valence-corrected chi connectivity index (χ4v) is 5.57. The molecule has 0 unspecified atom stereocenters. The van der Waals surface area contributed by atoms with Crippen LogP contribution >= 0.6 is 0 Å². The Morgan fingerprint density at radius 3 is 2.36 bits per heavy atom. The average Bonchev–Trinajstić information content (AvgIpc) is 3.42. The minimum Gasteiger partial charge on any atom is -0.378 e. The van der Waals surface area contributed by atoms with E-state index in [1.54, 1.807) is 30.3 Å². The molecular weight excluding hydrogens is 542 g/mol. The van der Waals surface area contributed by atoms with Gasteiger partial charge in [0, 0.05) is 37.8 Å². The maximum atomic E-state index is 14.1. The molecule has 2 aromatic carbocycles. The predicted octanol–water partition coefficient (Wildman–Crippen LogP) is 4.81. The summed E-state index contributed by atoms with van der Waals surface area (Å²) in [7, 11) is 0. The normalized spacial score (nSPS) is 19.2. The number of morpholine rings is 1. The first-order chi connectivity index (χ1) is 20.5. The van der Waals surface area contributed by atoms with Gasteiger partial charge < -0.3 is 25.6 Å². The summed E-state index contributed by atoms with van der Waals surface area (Å²) in [6.45, 7) is 2.89. The van der Waals surface area contributed by atoms with Gasteiger partial charge in [0.1, 0.15) is 11.6 Å². The second-order valence-corrected chi connectivity index (χ2v) is 10.6. The molecule has 1 aliphatic heterocycles. The molecule has 0 spiro atoms. The lowest BCUT2D eigenvalue weighted by Crippen LogP contribution is -2.44.